The van der Waals surface area contributed by atoms with E-state index in [1.807, 2.05) is 6.21 Å². The van der Waals surface area contributed by atoms with E-state index in [2.05, 4.69) is 23.3 Å². The number of nitrogens with one attached hydrogen (secondary N) is 1. The van der Waals surface area contributed by atoms with Gasteiger partial charge in [-0.2, -0.15) is 0 Å². The molecule has 1 heterocycles. The van der Waals surface area contributed by atoms with E-state index >= 15 is 0 Å². The Bertz CT molecular complexity index is 171. The van der Waals surface area contributed by atoms with Crippen molar-refractivity contribution in [3.05, 3.63) is 11.6 Å². The summed E-state index contributed by atoms with van der Waals surface area (Å²) in [6.45, 7) is 5.24. The van der Waals surface area contributed by atoms with Crippen molar-refractivity contribution in [1.82, 2.24) is 5.32 Å². The molecule has 1 rings (SSSR count). The van der Waals surface area contributed by atoms with Gasteiger partial charge >= 0.3 is 0 Å². The first-order valence-corrected chi connectivity index (χ1v) is 4.80. The van der Waals surface area contributed by atoms with Crippen molar-refractivity contribution in [2.24, 2.45) is 4.99 Å². The van der Waals surface area contributed by atoms with E-state index in [9.17, 15) is 0 Å². The van der Waals surface area contributed by atoms with Crippen LogP contribution in [-0.4, -0.2) is 25.8 Å². The molecule has 0 fully saturated rings. The van der Waals surface area contributed by atoms with Crippen LogP contribution in [0.3, 0.4) is 0 Å². The van der Waals surface area contributed by atoms with Crippen molar-refractivity contribution < 1.29 is 0 Å². The van der Waals surface area contributed by atoms with Gasteiger partial charge in [0.25, 0.3) is 0 Å². The molecule has 0 bridgehead atoms. The predicted octanol–water partition coefficient (Wildman–Crippen LogP) is 1.78. The Balaban J connectivity index is 2.17. The van der Waals surface area contributed by atoms with E-state index in [0.29, 0.717) is 0 Å². The topological polar surface area (TPSA) is 24.4 Å². The van der Waals surface area contributed by atoms with Crippen LogP contribution in [0.5, 0.6) is 0 Å². The van der Waals surface area contributed by atoms with E-state index in [1.165, 1.54) is 18.4 Å². The molecule has 0 saturated carbocycles. The van der Waals surface area contributed by atoms with E-state index in [4.69, 9.17) is 0 Å². The summed E-state index contributed by atoms with van der Waals surface area (Å²) in [5.41, 5.74) is 1.49. The van der Waals surface area contributed by atoms with Crippen LogP contribution in [0.1, 0.15) is 26.2 Å². The van der Waals surface area contributed by atoms with Crippen LogP contribution < -0.4 is 5.32 Å². The smallest absolute Gasteiger partial charge is 0.0596 e. The summed E-state index contributed by atoms with van der Waals surface area (Å²) in [7, 11) is 0. The highest BCUT2D eigenvalue weighted by atomic mass is 14.9. The Morgan fingerprint density at radius 3 is 3.25 bits per heavy atom. The summed E-state index contributed by atoms with van der Waals surface area (Å²) in [5.74, 6) is 0. The highest BCUT2D eigenvalue weighted by Gasteiger charge is 1.99. The lowest BCUT2D eigenvalue weighted by Crippen LogP contribution is -2.21. The summed E-state index contributed by atoms with van der Waals surface area (Å²) in [6.07, 6.45) is 7.79. The first-order chi connectivity index (χ1) is 5.93. The molecule has 0 radical (unpaired) electrons. The zero-order valence-corrected chi connectivity index (χ0v) is 7.84. The fourth-order valence-corrected chi connectivity index (χ4v) is 1.22. The Labute approximate surface area is 74.8 Å². The van der Waals surface area contributed by atoms with Gasteiger partial charge in [-0.3, -0.25) is 4.99 Å². The van der Waals surface area contributed by atoms with Gasteiger partial charge < -0.3 is 5.32 Å². The van der Waals surface area contributed by atoms with E-state index in [-0.39, 0.29) is 0 Å². The molecule has 0 aromatic carbocycles. The van der Waals surface area contributed by atoms with Crippen molar-refractivity contribution >= 4 is 6.21 Å². The van der Waals surface area contributed by atoms with Gasteiger partial charge in [-0.05, 0) is 25.6 Å². The van der Waals surface area contributed by atoms with Crippen LogP contribution in [0.2, 0.25) is 0 Å². The third kappa shape index (κ3) is 3.67. The molecule has 1 aliphatic heterocycles. The molecule has 0 aliphatic carbocycles. The molecule has 2 nitrogen and oxygen atoms in total. The molecule has 1 aliphatic rings. The molecule has 0 atom stereocenters. The van der Waals surface area contributed by atoms with Crippen molar-refractivity contribution in [1.29, 1.82) is 0 Å². The standard InChI is InChI=1S/C10H18N2/c1-2-3-6-12-9-10-4-7-11-8-5-10/h4,6,11H,2-3,5,7-9H2,1H3/b12-6-. The highest BCUT2D eigenvalue weighted by Crippen LogP contribution is 2.03. The van der Waals surface area contributed by atoms with E-state index in [0.717, 1.165) is 26.1 Å². The average molecular weight is 166 g/mol. The summed E-state index contributed by atoms with van der Waals surface area (Å²) >= 11 is 0. The number of hydrogen-bond donors (Lipinski definition) is 1. The maximum absolute atomic E-state index is 4.36. The zero-order chi connectivity index (χ0) is 8.65. The third-order valence-electron chi connectivity index (χ3n) is 2.00. The summed E-state index contributed by atoms with van der Waals surface area (Å²) in [4.78, 5) is 4.36. The molecule has 0 aromatic heterocycles. The molecule has 0 spiro atoms. The Hall–Kier alpha value is -0.630. The Kier molecular flexibility index (Phi) is 4.69. The second-order valence-corrected chi connectivity index (χ2v) is 3.13. The monoisotopic (exact) mass is 166 g/mol. The van der Waals surface area contributed by atoms with E-state index in [1.54, 1.807) is 0 Å². The lowest BCUT2D eigenvalue weighted by atomic mass is 10.1. The van der Waals surface area contributed by atoms with Crippen LogP contribution >= 0.6 is 0 Å². The summed E-state index contributed by atoms with van der Waals surface area (Å²) in [6, 6.07) is 0. The molecular formula is C10H18N2. The highest BCUT2D eigenvalue weighted by molar-refractivity contribution is 5.57. The minimum absolute atomic E-state index is 0.918. The minimum atomic E-state index is 0.918. The van der Waals surface area contributed by atoms with Crippen LogP contribution in [0, 0.1) is 0 Å². The normalized spacial score (nSPS) is 18.2. The second-order valence-electron chi connectivity index (χ2n) is 3.13. The quantitative estimate of drug-likeness (QED) is 0.499. The molecule has 68 valence electrons. The molecule has 0 aromatic rings. The van der Waals surface area contributed by atoms with Gasteiger partial charge in [-0.15, -0.1) is 0 Å². The summed E-state index contributed by atoms with van der Waals surface area (Å²) < 4.78 is 0. The van der Waals surface area contributed by atoms with Gasteiger partial charge in [0.05, 0.1) is 6.54 Å². The van der Waals surface area contributed by atoms with Crippen molar-refractivity contribution in [3.8, 4) is 0 Å². The summed E-state index contributed by atoms with van der Waals surface area (Å²) in [5, 5.41) is 3.29. The third-order valence-corrected chi connectivity index (χ3v) is 2.00. The fraction of sp³-hybridized carbons (Fsp3) is 0.700. The zero-order valence-electron chi connectivity index (χ0n) is 7.84. The lowest BCUT2D eigenvalue weighted by molar-refractivity contribution is 0.694. The molecule has 1 N–H and O–H groups in total. The molecule has 0 saturated heterocycles. The van der Waals surface area contributed by atoms with Crippen LogP contribution in [0.25, 0.3) is 0 Å². The predicted molar refractivity (Wildman–Crippen MR) is 53.8 cm³/mol. The van der Waals surface area contributed by atoms with Crippen molar-refractivity contribution in [2.75, 3.05) is 19.6 Å². The second kappa shape index (κ2) is 5.95. The number of hydrogen-bond acceptors (Lipinski definition) is 2. The van der Waals surface area contributed by atoms with Gasteiger partial charge in [-0.25, -0.2) is 0 Å². The average Bonchev–Trinajstić information content (AvgIpc) is 2.14. The maximum Gasteiger partial charge on any atom is 0.0596 e. The number of nitrogens with zero attached hydrogens (tertiary/aromatic N) is 1. The molecule has 0 amide bonds. The van der Waals surface area contributed by atoms with Gasteiger partial charge in [0.2, 0.25) is 0 Å². The van der Waals surface area contributed by atoms with Gasteiger partial charge in [-0.1, -0.05) is 25.0 Å². The lowest BCUT2D eigenvalue weighted by Gasteiger charge is -2.11. The van der Waals surface area contributed by atoms with Gasteiger partial charge in [0.15, 0.2) is 0 Å². The molecule has 0 unspecified atom stereocenters. The van der Waals surface area contributed by atoms with E-state index < -0.39 is 0 Å². The van der Waals surface area contributed by atoms with Crippen LogP contribution in [-0.2, 0) is 0 Å². The molecular weight excluding hydrogens is 148 g/mol. The SMILES string of the molecule is CCC/C=N\CC1=CCNCC1. The molecule has 2 heteroatoms. The first-order valence-electron chi connectivity index (χ1n) is 4.80. The van der Waals surface area contributed by atoms with Crippen LogP contribution in [0.4, 0.5) is 0 Å². The number of rotatable bonds is 4. The van der Waals surface area contributed by atoms with Gasteiger partial charge in [0.1, 0.15) is 0 Å². The Morgan fingerprint density at radius 1 is 1.67 bits per heavy atom. The Morgan fingerprint density at radius 2 is 2.58 bits per heavy atom. The number of aliphatic imine (C=N–C) groups is 1. The van der Waals surface area contributed by atoms with Crippen molar-refractivity contribution in [2.45, 2.75) is 26.2 Å². The largest absolute Gasteiger partial charge is 0.313 e. The maximum atomic E-state index is 4.36. The minimum Gasteiger partial charge on any atom is -0.313 e. The van der Waals surface area contributed by atoms with Crippen LogP contribution in [0.15, 0.2) is 16.6 Å². The number of unbranched alkanes of at least 4 members (excludes halogenated alkanes) is 1. The van der Waals surface area contributed by atoms with Crippen molar-refractivity contribution in [3.63, 3.8) is 0 Å². The van der Waals surface area contributed by atoms with Gasteiger partial charge in [0, 0.05) is 6.54 Å². The molecule has 12 heavy (non-hydrogen) atoms. The first kappa shape index (κ1) is 9.46. The fourth-order valence-electron chi connectivity index (χ4n) is 1.22.